The number of nitrogen functional groups attached to an aromatic ring is 1. The van der Waals surface area contributed by atoms with Gasteiger partial charge in [-0.3, -0.25) is 4.79 Å². The van der Waals surface area contributed by atoms with Crippen molar-refractivity contribution in [3.63, 3.8) is 0 Å². The molecule has 3 nitrogen and oxygen atoms in total. The number of aryl methyl sites for hydroxylation is 1. The van der Waals surface area contributed by atoms with Crippen LogP contribution in [0.1, 0.15) is 42.6 Å². The van der Waals surface area contributed by atoms with Crippen LogP contribution in [-0.2, 0) is 0 Å². The molecule has 19 heavy (non-hydrogen) atoms. The van der Waals surface area contributed by atoms with E-state index in [1.165, 1.54) is 0 Å². The predicted molar refractivity (Wildman–Crippen MR) is 84.8 cm³/mol. The Morgan fingerprint density at radius 1 is 1.37 bits per heavy atom. The Morgan fingerprint density at radius 3 is 2.53 bits per heavy atom. The molecule has 0 saturated carbocycles. The molecule has 0 radical (unpaired) electrons. The Kier molecular flexibility index (Phi) is 5.73. The highest BCUT2D eigenvalue weighted by atomic mass is 32.2. The van der Waals surface area contributed by atoms with Crippen molar-refractivity contribution >= 4 is 23.4 Å². The van der Waals surface area contributed by atoms with Crippen LogP contribution in [0, 0.1) is 6.92 Å². The minimum absolute atomic E-state index is 0.0369. The summed E-state index contributed by atoms with van der Waals surface area (Å²) in [6.45, 7) is 6.94. The van der Waals surface area contributed by atoms with Gasteiger partial charge in [0.2, 0.25) is 0 Å². The molecule has 1 aromatic carbocycles. The van der Waals surface area contributed by atoms with Crippen LogP contribution in [-0.4, -0.2) is 23.5 Å². The predicted octanol–water partition coefficient (Wildman–Crippen LogP) is 3.23. The third-order valence-electron chi connectivity index (χ3n) is 3.80. The van der Waals surface area contributed by atoms with Crippen molar-refractivity contribution in [3.8, 4) is 0 Å². The van der Waals surface area contributed by atoms with Gasteiger partial charge in [0.05, 0.1) is 0 Å². The highest BCUT2D eigenvalue weighted by molar-refractivity contribution is 8.00. The Bertz CT molecular complexity index is 434. The number of nitrogens with one attached hydrogen (secondary N) is 1. The number of hydrogen-bond acceptors (Lipinski definition) is 3. The van der Waals surface area contributed by atoms with Crippen LogP contribution >= 0.6 is 11.8 Å². The van der Waals surface area contributed by atoms with Crippen molar-refractivity contribution in [1.29, 1.82) is 0 Å². The quantitative estimate of drug-likeness (QED) is 0.787. The number of benzene rings is 1. The molecule has 4 heteroatoms. The molecule has 0 saturated heterocycles. The Balaban J connectivity index is 2.77. The Morgan fingerprint density at radius 2 is 2.00 bits per heavy atom. The van der Waals surface area contributed by atoms with Crippen molar-refractivity contribution in [2.75, 3.05) is 18.5 Å². The standard InChI is InChI=1S/C15H24N2OS/c1-5-15(6-2,19-4)10-17-14(18)13-9-12(16)8-7-11(13)3/h7-9H,5-6,10,16H2,1-4H3,(H,17,18). The average Bonchev–Trinajstić information content (AvgIpc) is 2.43. The van der Waals surface area contributed by atoms with Gasteiger partial charge in [0.25, 0.3) is 5.91 Å². The molecule has 3 N–H and O–H groups in total. The first-order valence-corrected chi connectivity index (χ1v) is 7.90. The van der Waals surface area contributed by atoms with Crippen molar-refractivity contribution in [2.45, 2.75) is 38.4 Å². The van der Waals surface area contributed by atoms with Gasteiger partial charge in [0, 0.05) is 22.5 Å². The van der Waals surface area contributed by atoms with E-state index >= 15 is 0 Å². The van der Waals surface area contributed by atoms with Crippen molar-refractivity contribution in [1.82, 2.24) is 5.32 Å². The summed E-state index contributed by atoms with van der Waals surface area (Å²) in [6.07, 6.45) is 4.19. The van der Waals surface area contributed by atoms with E-state index in [2.05, 4.69) is 25.4 Å². The fourth-order valence-electron chi connectivity index (χ4n) is 2.08. The molecule has 0 aliphatic carbocycles. The maximum Gasteiger partial charge on any atom is 0.251 e. The van der Waals surface area contributed by atoms with Crippen molar-refractivity contribution in [2.24, 2.45) is 0 Å². The molecule has 0 spiro atoms. The first kappa shape index (κ1) is 15.9. The summed E-state index contributed by atoms with van der Waals surface area (Å²) in [7, 11) is 0. The summed E-state index contributed by atoms with van der Waals surface area (Å²) < 4.78 is 0.129. The van der Waals surface area contributed by atoms with Crippen molar-refractivity contribution < 1.29 is 4.79 Å². The highest BCUT2D eigenvalue weighted by Crippen LogP contribution is 2.29. The molecule has 1 rings (SSSR count). The Hall–Kier alpha value is -1.16. The first-order valence-electron chi connectivity index (χ1n) is 6.67. The van der Waals surface area contributed by atoms with Gasteiger partial charge in [-0.25, -0.2) is 0 Å². The van der Waals surface area contributed by atoms with Gasteiger partial charge in [-0.05, 0) is 43.7 Å². The largest absolute Gasteiger partial charge is 0.399 e. The molecule has 0 aliphatic heterocycles. The maximum atomic E-state index is 12.2. The van der Waals surface area contributed by atoms with Crippen LogP contribution in [0.4, 0.5) is 5.69 Å². The lowest BCUT2D eigenvalue weighted by atomic mass is 10.0. The second-order valence-electron chi connectivity index (χ2n) is 4.85. The van der Waals surface area contributed by atoms with Gasteiger partial charge in [0.1, 0.15) is 0 Å². The number of carbonyl (C=O) groups excluding carboxylic acids is 1. The van der Waals surface area contributed by atoms with E-state index in [1.807, 2.05) is 30.8 Å². The van der Waals surface area contributed by atoms with Gasteiger partial charge in [-0.1, -0.05) is 19.9 Å². The molecule has 1 aromatic rings. The van der Waals surface area contributed by atoms with E-state index in [4.69, 9.17) is 5.73 Å². The molecule has 0 atom stereocenters. The average molecular weight is 280 g/mol. The molecule has 0 unspecified atom stereocenters. The van der Waals surface area contributed by atoms with Gasteiger partial charge in [0.15, 0.2) is 0 Å². The van der Waals surface area contributed by atoms with Gasteiger partial charge in [-0.15, -0.1) is 0 Å². The zero-order valence-electron chi connectivity index (χ0n) is 12.2. The molecule has 0 heterocycles. The summed E-state index contributed by atoms with van der Waals surface area (Å²) in [5, 5.41) is 3.05. The lowest BCUT2D eigenvalue weighted by Gasteiger charge is -2.29. The minimum Gasteiger partial charge on any atom is -0.399 e. The summed E-state index contributed by atoms with van der Waals surface area (Å²) in [5.74, 6) is -0.0369. The zero-order valence-corrected chi connectivity index (χ0v) is 13.1. The topological polar surface area (TPSA) is 55.1 Å². The first-order chi connectivity index (χ1) is 8.98. The molecular weight excluding hydrogens is 256 g/mol. The number of thioether (sulfide) groups is 1. The van der Waals surface area contributed by atoms with E-state index in [-0.39, 0.29) is 10.7 Å². The van der Waals surface area contributed by atoms with Gasteiger partial charge in [-0.2, -0.15) is 11.8 Å². The fourth-order valence-corrected chi connectivity index (χ4v) is 2.88. The maximum absolute atomic E-state index is 12.2. The summed E-state index contributed by atoms with van der Waals surface area (Å²) in [5.41, 5.74) is 7.99. The van der Waals surface area contributed by atoms with Crippen LogP contribution in [0.3, 0.4) is 0 Å². The van der Waals surface area contributed by atoms with Crippen LogP contribution in [0.15, 0.2) is 18.2 Å². The third-order valence-corrected chi connectivity index (χ3v) is 5.39. The molecule has 0 aliphatic rings. The van der Waals surface area contributed by atoms with Gasteiger partial charge < -0.3 is 11.1 Å². The second kappa shape index (κ2) is 6.85. The number of anilines is 1. The molecule has 0 bridgehead atoms. The van der Waals surface area contributed by atoms with E-state index < -0.39 is 0 Å². The summed E-state index contributed by atoms with van der Waals surface area (Å²) in [4.78, 5) is 12.2. The van der Waals surface area contributed by atoms with E-state index in [1.54, 1.807) is 6.07 Å². The summed E-state index contributed by atoms with van der Waals surface area (Å²) >= 11 is 1.82. The minimum atomic E-state index is -0.0369. The second-order valence-corrected chi connectivity index (χ2v) is 6.13. The lowest BCUT2D eigenvalue weighted by Crippen LogP contribution is -2.39. The molecule has 0 fully saturated rings. The molecule has 1 amide bonds. The fraction of sp³-hybridized carbons (Fsp3) is 0.533. The van der Waals surface area contributed by atoms with E-state index in [0.717, 1.165) is 18.4 Å². The number of rotatable bonds is 6. The summed E-state index contributed by atoms with van der Waals surface area (Å²) in [6, 6.07) is 5.44. The van der Waals surface area contributed by atoms with E-state index in [0.29, 0.717) is 17.8 Å². The molecular formula is C15H24N2OS. The number of amides is 1. The number of hydrogen-bond donors (Lipinski definition) is 2. The van der Waals surface area contributed by atoms with Gasteiger partial charge >= 0.3 is 0 Å². The van der Waals surface area contributed by atoms with Crippen LogP contribution in [0.25, 0.3) is 0 Å². The number of nitrogens with two attached hydrogens (primary N) is 1. The normalized spacial score (nSPS) is 11.4. The van der Waals surface area contributed by atoms with Crippen LogP contribution < -0.4 is 11.1 Å². The SMILES string of the molecule is CCC(CC)(CNC(=O)c1cc(N)ccc1C)SC. The van der Waals surface area contributed by atoms with Crippen LogP contribution in [0.5, 0.6) is 0 Å². The van der Waals surface area contributed by atoms with Crippen LogP contribution in [0.2, 0.25) is 0 Å². The van der Waals surface area contributed by atoms with Crippen molar-refractivity contribution in [3.05, 3.63) is 29.3 Å². The lowest BCUT2D eigenvalue weighted by molar-refractivity contribution is 0.0948. The smallest absolute Gasteiger partial charge is 0.251 e. The monoisotopic (exact) mass is 280 g/mol. The molecule has 0 aromatic heterocycles. The van der Waals surface area contributed by atoms with E-state index in [9.17, 15) is 4.79 Å². The number of carbonyl (C=O) groups is 1. The Labute approximate surface area is 120 Å². The zero-order chi connectivity index (χ0) is 14.5. The molecule has 106 valence electrons. The highest BCUT2D eigenvalue weighted by Gasteiger charge is 2.25. The third kappa shape index (κ3) is 3.90.